The van der Waals surface area contributed by atoms with E-state index in [9.17, 15) is 0 Å². The van der Waals surface area contributed by atoms with E-state index >= 15 is 0 Å². The Balaban J connectivity index is 2.06. The molecule has 1 aromatic heterocycles. The van der Waals surface area contributed by atoms with Gasteiger partial charge in [-0.05, 0) is 36.8 Å². The number of benzene rings is 1. The minimum absolute atomic E-state index is 0.250. The molecule has 1 unspecified atom stereocenters. The van der Waals surface area contributed by atoms with Crippen molar-refractivity contribution >= 4 is 28.6 Å². The zero-order chi connectivity index (χ0) is 13.0. The average Bonchev–Trinajstić information content (AvgIpc) is 2.77. The Morgan fingerprint density at radius 1 is 1.33 bits per heavy atom. The fourth-order valence-electron chi connectivity index (χ4n) is 1.80. The summed E-state index contributed by atoms with van der Waals surface area (Å²) >= 11 is 7.56. The first kappa shape index (κ1) is 13.4. The topological polar surface area (TPSA) is 21.3 Å². The van der Waals surface area contributed by atoms with Crippen molar-refractivity contribution in [2.45, 2.75) is 19.6 Å². The molecule has 0 saturated heterocycles. The lowest BCUT2D eigenvalue weighted by molar-refractivity contribution is 0.185. The van der Waals surface area contributed by atoms with E-state index in [1.165, 1.54) is 10.4 Å². The number of methoxy groups -OCH3 is 1. The average molecular weight is 282 g/mol. The fourth-order valence-corrected chi connectivity index (χ4v) is 2.86. The van der Waals surface area contributed by atoms with Crippen LogP contribution in [0.25, 0.3) is 0 Å². The van der Waals surface area contributed by atoms with Gasteiger partial charge in [-0.3, -0.25) is 0 Å². The number of ether oxygens (including phenoxy) is 1. The van der Waals surface area contributed by atoms with Crippen LogP contribution in [-0.2, 0) is 11.3 Å². The highest BCUT2D eigenvalue weighted by Gasteiger charge is 2.08. The van der Waals surface area contributed by atoms with Gasteiger partial charge in [0.15, 0.2) is 0 Å². The SMILES string of the molecule is COCc1cccc(NC(C)c2ccc(Cl)s2)c1. The van der Waals surface area contributed by atoms with Gasteiger partial charge in [0.2, 0.25) is 0 Å². The van der Waals surface area contributed by atoms with Crippen molar-refractivity contribution in [2.24, 2.45) is 0 Å². The van der Waals surface area contributed by atoms with Crippen molar-refractivity contribution in [3.8, 4) is 0 Å². The molecule has 2 rings (SSSR count). The second-order valence-electron chi connectivity index (χ2n) is 4.14. The van der Waals surface area contributed by atoms with Crippen LogP contribution in [0.4, 0.5) is 5.69 Å². The summed E-state index contributed by atoms with van der Waals surface area (Å²) in [6.45, 7) is 2.76. The largest absolute Gasteiger partial charge is 0.380 e. The minimum Gasteiger partial charge on any atom is -0.380 e. The maximum atomic E-state index is 5.95. The van der Waals surface area contributed by atoms with Crippen LogP contribution in [0.5, 0.6) is 0 Å². The Kier molecular flexibility index (Phi) is 4.64. The molecule has 0 fully saturated rings. The van der Waals surface area contributed by atoms with Crippen molar-refractivity contribution in [3.05, 3.63) is 51.2 Å². The van der Waals surface area contributed by atoms with Gasteiger partial charge in [0.25, 0.3) is 0 Å². The first-order valence-electron chi connectivity index (χ1n) is 5.78. The third-order valence-corrected chi connectivity index (χ3v) is 4.06. The molecule has 1 heterocycles. The zero-order valence-electron chi connectivity index (χ0n) is 10.4. The fraction of sp³-hybridized carbons (Fsp3) is 0.286. The van der Waals surface area contributed by atoms with Crippen molar-refractivity contribution in [2.75, 3.05) is 12.4 Å². The normalized spacial score (nSPS) is 12.4. The molecule has 96 valence electrons. The molecular formula is C14H16ClNOS. The van der Waals surface area contributed by atoms with Crippen molar-refractivity contribution in [3.63, 3.8) is 0 Å². The standard InChI is InChI=1S/C14H16ClNOS/c1-10(13-6-7-14(15)18-13)16-12-5-3-4-11(8-12)9-17-2/h3-8,10,16H,9H2,1-2H3. The summed E-state index contributed by atoms with van der Waals surface area (Å²) in [5.74, 6) is 0. The maximum Gasteiger partial charge on any atom is 0.0932 e. The number of rotatable bonds is 5. The molecule has 1 aromatic carbocycles. The summed E-state index contributed by atoms with van der Waals surface area (Å²) in [5.41, 5.74) is 2.26. The Morgan fingerprint density at radius 2 is 2.17 bits per heavy atom. The summed E-state index contributed by atoms with van der Waals surface area (Å²) in [7, 11) is 1.70. The van der Waals surface area contributed by atoms with Crippen molar-refractivity contribution in [1.82, 2.24) is 0 Å². The van der Waals surface area contributed by atoms with E-state index in [2.05, 4.69) is 36.5 Å². The van der Waals surface area contributed by atoms with Gasteiger partial charge >= 0.3 is 0 Å². The molecule has 18 heavy (non-hydrogen) atoms. The van der Waals surface area contributed by atoms with Crippen molar-refractivity contribution < 1.29 is 4.74 Å². The number of halogens is 1. The predicted octanol–water partition coefficient (Wildman–Crippen LogP) is 4.72. The second kappa shape index (κ2) is 6.23. The van der Waals surface area contributed by atoms with Crippen LogP contribution in [0, 0.1) is 0 Å². The highest BCUT2D eigenvalue weighted by molar-refractivity contribution is 7.16. The third kappa shape index (κ3) is 3.48. The second-order valence-corrected chi connectivity index (χ2v) is 5.89. The molecule has 4 heteroatoms. The van der Waals surface area contributed by atoms with Gasteiger partial charge in [0.05, 0.1) is 17.0 Å². The predicted molar refractivity (Wildman–Crippen MR) is 78.5 cm³/mol. The Bertz CT molecular complexity index is 512. The van der Waals surface area contributed by atoms with Gasteiger partial charge < -0.3 is 10.1 Å². The summed E-state index contributed by atoms with van der Waals surface area (Å²) in [6.07, 6.45) is 0. The lowest BCUT2D eigenvalue weighted by Gasteiger charge is -2.14. The summed E-state index contributed by atoms with van der Waals surface area (Å²) in [4.78, 5) is 1.23. The molecule has 0 aliphatic carbocycles. The Hall–Kier alpha value is -1.03. The van der Waals surface area contributed by atoms with Crippen molar-refractivity contribution in [1.29, 1.82) is 0 Å². The van der Waals surface area contributed by atoms with E-state index in [-0.39, 0.29) is 6.04 Å². The highest BCUT2D eigenvalue weighted by Crippen LogP contribution is 2.29. The Labute approximate surface area is 117 Å². The molecule has 1 atom stereocenters. The van der Waals surface area contributed by atoms with Crippen LogP contribution in [-0.4, -0.2) is 7.11 Å². The molecule has 0 bridgehead atoms. The monoisotopic (exact) mass is 281 g/mol. The summed E-state index contributed by atoms with van der Waals surface area (Å²) in [5, 5.41) is 3.47. The quantitative estimate of drug-likeness (QED) is 0.856. The lowest BCUT2D eigenvalue weighted by Crippen LogP contribution is -2.05. The van der Waals surface area contributed by atoms with Crippen LogP contribution in [0.3, 0.4) is 0 Å². The van der Waals surface area contributed by atoms with Gasteiger partial charge in [-0.25, -0.2) is 0 Å². The number of hydrogen-bond acceptors (Lipinski definition) is 3. The van der Waals surface area contributed by atoms with Crippen LogP contribution < -0.4 is 5.32 Å². The molecular weight excluding hydrogens is 266 g/mol. The number of hydrogen-bond donors (Lipinski definition) is 1. The van der Waals surface area contributed by atoms with Crippen LogP contribution in [0.2, 0.25) is 4.34 Å². The first-order valence-corrected chi connectivity index (χ1v) is 6.98. The zero-order valence-corrected chi connectivity index (χ0v) is 12.0. The minimum atomic E-state index is 0.250. The molecule has 0 aliphatic heterocycles. The van der Waals surface area contributed by atoms with Crippen LogP contribution in [0.15, 0.2) is 36.4 Å². The number of nitrogens with one attached hydrogen (secondary N) is 1. The van der Waals surface area contributed by atoms with Crippen LogP contribution >= 0.6 is 22.9 Å². The van der Waals surface area contributed by atoms with E-state index in [0.29, 0.717) is 6.61 Å². The third-order valence-electron chi connectivity index (χ3n) is 2.64. The van der Waals surface area contributed by atoms with Gasteiger partial charge in [-0.2, -0.15) is 0 Å². The van der Waals surface area contributed by atoms with E-state index in [4.69, 9.17) is 16.3 Å². The molecule has 0 spiro atoms. The molecule has 0 amide bonds. The summed E-state index contributed by atoms with van der Waals surface area (Å²) in [6, 6.07) is 12.5. The van der Waals surface area contributed by atoms with Gasteiger partial charge in [-0.1, -0.05) is 23.7 Å². The van der Waals surface area contributed by atoms with E-state index in [0.717, 1.165) is 10.0 Å². The molecule has 0 saturated carbocycles. The number of thiophene rings is 1. The highest BCUT2D eigenvalue weighted by atomic mass is 35.5. The molecule has 2 nitrogen and oxygen atoms in total. The number of anilines is 1. The first-order chi connectivity index (χ1) is 8.69. The lowest BCUT2D eigenvalue weighted by atomic mass is 10.2. The molecule has 0 radical (unpaired) electrons. The van der Waals surface area contributed by atoms with E-state index in [1.54, 1.807) is 18.4 Å². The van der Waals surface area contributed by atoms with E-state index < -0.39 is 0 Å². The molecule has 1 N–H and O–H groups in total. The van der Waals surface area contributed by atoms with E-state index in [1.807, 2.05) is 12.1 Å². The van der Waals surface area contributed by atoms with Crippen LogP contribution in [0.1, 0.15) is 23.4 Å². The van der Waals surface area contributed by atoms with Gasteiger partial charge in [0, 0.05) is 17.7 Å². The molecule has 2 aromatic rings. The smallest absolute Gasteiger partial charge is 0.0932 e. The van der Waals surface area contributed by atoms with Gasteiger partial charge in [-0.15, -0.1) is 11.3 Å². The Morgan fingerprint density at radius 3 is 2.83 bits per heavy atom. The maximum absolute atomic E-state index is 5.95. The molecule has 0 aliphatic rings. The van der Waals surface area contributed by atoms with Gasteiger partial charge in [0.1, 0.15) is 0 Å². The summed E-state index contributed by atoms with van der Waals surface area (Å²) < 4.78 is 5.96.